The lowest BCUT2D eigenvalue weighted by atomic mass is 9.89. The summed E-state index contributed by atoms with van der Waals surface area (Å²) in [4.78, 5) is 25.0. The summed E-state index contributed by atoms with van der Waals surface area (Å²) in [6.45, 7) is 5.64. The van der Waals surface area contributed by atoms with Crippen LogP contribution in [0.5, 0.6) is 0 Å². The highest BCUT2D eigenvalue weighted by molar-refractivity contribution is 6.06. The van der Waals surface area contributed by atoms with E-state index in [0.29, 0.717) is 24.0 Å². The summed E-state index contributed by atoms with van der Waals surface area (Å²) >= 11 is 0. The predicted molar refractivity (Wildman–Crippen MR) is 134 cm³/mol. The number of hydrogen-bond acceptors (Lipinski definition) is 5. The maximum Gasteiger partial charge on any atom is 0.258 e. The number of aryl methyl sites for hydroxylation is 1. The van der Waals surface area contributed by atoms with E-state index in [1.165, 1.54) is 0 Å². The van der Waals surface area contributed by atoms with E-state index in [4.69, 9.17) is 5.10 Å². The number of nitrogens with zero attached hydrogens (tertiary/aromatic N) is 5. The number of likely N-dealkylation sites (tertiary alicyclic amines) is 1. The minimum Gasteiger partial charge on any atom is -0.352 e. The van der Waals surface area contributed by atoms with Gasteiger partial charge in [0.15, 0.2) is 0 Å². The largest absolute Gasteiger partial charge is 0.352 e. The van der Waals surface area contributed by atoms with Gasteiger partial charge in [0.05, 0.1) is 17.1 Å². The molecule has 0 saturated carbocycles. The number of anilines is 1. The molecule has 2 atom stereocenters. The van der Waals surface area contributed by atoms with Gasteiger partial charge in [-0.05, 0) is 42.9 Å². The summed E-state index contributed by atoms with van der Waals surface area (Å²) in [7, 11) is 0. The molecule has 1 N–H and O–H groups in total. The van der Waals surface area contributed by atoms with Crippen LogP contribution in [0.1, 0.15) is 42.6 Å². The van der Waals surface area contributed by atoms with Gasteiger partial charge in [0.25, 0.3) is 5.91 Å². The Bertz CT molecular complexity index is 1270. The molecule has 0 bridgehead atoms. The smallest absolute Gasteiger partial charge is 0.258 e. The Morgan fingerprint density at radius 3 is 2.62 bits per heavy atom. The van der Waals surface area contributed by atoms with Crippen molar-refractivity contribution in [2.75, 3.05) is 18.4 Å². The first-order valence-electron chi connectivity index (χ1n) is 12.0. The quantitative estimate of drug-likeness (QED) is 0.457. The zero-order chi connectivity index (χ0) is 23.5. The second-order valence-electron chi connectivity index (χ2n) is 8.95. The van der Waals surface area contributed by atoms with Crippen molar-refractivity contribution >= 4 is 17.4 Å². The minimum atomic E-state index is 0.0284. The van der Waals surface area contributed by atoms with Gasteiger partial charge in [-0.3, -0.25) is 4.79 Å². The van der Waals surface area contributed by atoms with Crippen molar-refractivity contribution in [3.63, 3.8) is 0 Å². The van der Waals surface area contributed by atoms with Crippen LogP contribution in [0.3, 0.4) is 0 Å². The Balaban J connectivity index is 1.47. The van der Waals surface area contributed by atoms with Crippen LogP contribution in [0, 0.1) is 5.92 Å². The highest BCUT2D eigenvalue weighted by atomic mass is 16.2. The van der Waals surface area contributed by atoms with Crippen LogP contribution in [0.2, 0.25) is 0 Å². The molecule has 5 rings (SSSR count). The van der Waals surface area contributed by atoms with Crippen molar-refractivity contribution in [3.8, 4) is 11.3 Å². The second kappa shape index (κ2) is 9.63. The highest BCUT2D eigenvalue weighted by Crippen LogP contribution is 2.31. The van der Waals surface area contributed by atoms with Crippen molar-refractivity contribution in [1.82, 2.24) is 24.5 Å². The molecule has 1 aliphatic heterocycles. The maximum atomic E-state index is 14.1. The van der Waals surface area contributed by atoms with Crippen molar-refractivity contribution < 1.29 is 4.79 Å². The molecule has 0 spiro atoms. The molecule has 0 aliphatic carbocycles. The van der Waals surface area contributed by atoms with Crippen LogP contribution in [0.25, 0.3) is 16.8 Å². The number of rotatable bonds is 6. The fraction of sp³-hybridized carbons (Fsp3) is 0.333. The molecule has 0 unspecified atom stereocenters. The van der Waals surface area contributed by atoms with Gasteiger partial charge in [0.2, 0.25) is 5.95 Å². The SMILES string of the molecule is CCc1cnc(NC[C@@H]2[C@H](C)CCCN2C(=O)c2c(-c3ccccc3)nn3ccccc23)nc1. The topological polar surface area (TPSA) is 75.4 Å². The highest BCUT2D eigenvalue weighted by Gasteiger charge is 2.35. The number of aromatic nitrogens is 4. The lowest BCUT2D eigenvalue weighted by molar-refractivity contribution is 0.0542. The molecule has 1 aliphatic rings. The van der Waals surface area contributed by atoms with Gasteiger partial charge in [-0.2, -0.15) is 5.10 Å². The lowest BCUT2D eigenvalue weighted by Crippen LogP contribution is -2.51. The number of pyridine rings is 1. The monoisotopic (exact) mass is 454 g/mol. The molecular formula is C27H30N6O. The standard InChI is InChI=1S/C27H30N6O/c1-3-20-16-28-27(29-17-20)30-18-23-19(2)10-9-14-32(23)26(34)24-22-13-7-8-15-33(22)31-25(24)21-11-5-4-6-12-21/h4-8,11-13,15-17,19,23H,3,9-10,14,18H2,1-2H3,(H,28,29,30)/t19-,23-/m1/s1. The predicted octanol–water partition coefficient (Wildman–Crippen LogP) is 4.71. The molecule has 34 heavy (non-hydrogen) atoms. The first kappa shape index (κ1) is 22.1. The second-order valence-corrected chi connectivity index (χ2v) is 8.95. The molecule has 3 aromatic heterocycles. The van der Waals surface area contributed by atoms with Crippen molar-refractivity contribution in [1.29, 1.82) is 0 Å². The van der Waals surface area contributed by atoms with Crippen LogP contribution in [0.4, 0.5) is 5.95 Å². The molecule has 1 fully saturated rings. The fourth-order valence-electron chi connectivity index (χ4n) is 4.79. The third kappa shape index (κ3) is 4.25. The van der Waals surface area contributed by atoms with E-state index in [0.717, 1.165) is 48.1 Å². The number of carbonyl (C=O) groups excluding carboxylic acids is 1. The van der Waals surface area contributed by atoms with E-state index < -0.39 is 0 Å². The van der Waals surface area contributed by atoms with Crippen molar-refractivity contribution in [2.24, 2.45) is 5.92 Å². The first-order chi connectivity index (χ1) is 16.7. The number of nitrogens with one attached hydrogen (secondary N) is 1. The van der Waals surface area contributed by atoms with E-state index in [1.54, 1.807) is 4.52 Å². The first-order valence-corrected chi connectivity index (χ1v) is 12.0. The van der Waals surface area contributed by atoms with Crippen LogP contribution in [0.15, 0.2) is 67.1 Å². The van der Waals surface area contributed by atoms with E-state index in [1.807, 2.05) is 72.0 Å². The Labute approximate surface area is 199 Å². The molecule has 0 radical (unpaired) electrons. The van der Waals surface area contributed by atoms with Gasteiger partial charge >= 0.3 is 0 Å². The maximum absolute atomic E-state index is 14.1. The normalized spacial score (nSPS) is 18.2. The Morgan fingerprint density at radius 1 is 1.09 bits per heavy atom. The summed E-state index contributed by atoms with van der Waals surface area (Å²) in [5.74, 6) is 0.992. The van der Waals surface area contributed by atoms with Crippen LogP contribution < -0.4 is 5.32 Å². The Morgan fingerprint density at radius 2 is 1.85 bits per heavy atom. The Kier molecular flexibility index (Phi) is 6.25. The average Bonchev–Trinajstić information content (AvgIpc) is 3.28. The van der Waals surface area contributed by atoms with Gasteiger partial charge in [-0.25, -0.2) is 14.5 Å². The summed E-state index contributed by atoms with van der Waals surface area (Å²) in [6, 6.07) is 15.8. The molecular weight excluding hydrogens is 424 g/mol. The van der Waals surface area contributed by atoms with E-state index in [2.05, 4.69) is 29.1 Å². The molecule has 7 heteroatoms. The van der Waals surface area contributed by atoms with Gasteiger partial charge in [0.1, 0.15) is 5.69 Å². The number of fused-ring (bicyclic) bond motifs is 1. The van der Waals surface area contributed by atoms with Gasteiger partial charge < -0.3 is 10.2 Å². The number of hydrogen-bond donors (Lipinski definition) is 1. The molecule has 1 saturated heterocycles. The molecule has 1 amide bonds. The average molecular weight is 455 g/mol. The van der Waals surface area contributed by atoms with E-state index >= 15 is 0 Å². The molecule has 4 aromatic rings. The van der Waals surface area contributed by atoms with E-state index in [-0.39, 0.29) is 11.9 Å². The van der Waals surface area contributed by atoms with Crippen LogP contribution >= 0.6 is 0 Å². The van der Waals surface area contributed by atoms with Crippen molar-refractivity contribution in [2.45, 2.75) is 39.2 Å². The van der Waals surface area contributed by atoms with Gasteiger partial charge in [-0.15, -0.1) is 0 Å². The summed E-state index contributed by atoms with van der Waals surface area (Å²) in [5, 5.41) is 8.16. The summed E-state index contributed by atoms with van der Waals surface area (Å²) in [6.07, 6.45) is 8.60. The molecule has 4 heterocycles. The van der Waals surface area contributed by atoms with Crippen LogP contribution in [-0.2, 0) is 6.42 Å². The van der Waals surface area contributed by atoms with E-state index in [9.17, 15) is 4.79 Å². The zero-order valence-corrected chi connectivity index (χ0v) is 19.7. The number of benzene rings is 1. The lowest BCUT2D eigenvalue weighted by Gasteiger charge is -2.40. The Hall–Kier alpha value is -3.74. The van der Waals surface area contributed by atoms with Gasteiger partial charge in [0, 0.05) is 37.2 Å². The van der Waals surface area contributed by atoms with Crippen LogP contribution in [-0.4, -0.2) is 49.5 Å². The number of carbonyl (C=O) groups is 1. The molecule has 174 valence electrons. The zero-order valence-electron chi connectivity index (χ0n) is 19.7. The van der Waals surface area contributed by atoms with Crippen molar-refractivity contribution in [3.05, 3.63) is 78.2 Å². The van der Waals surface area contributed by atoms with Gasteiger partial charge in [-0.1, -0.05) is 50.2 Å². The summed E-state index contributed by atoms with van der Waals surface area (Å²) < 4.78 is 1.80. The molecule has 1 aromatic carbocycles. The summed E-state index contributed by atoms with van der Waals surface area (Å²) in [5.41, 5.74) is 4.26. The molecule has 7 nitrogen and oxygen atoms in total. The number of amides is 1. The number of piperidine rings is 1. The minimum absolute atomic E-state index is 0.0284. The third-order valence-corrected chi connectivity index (χ3v) is 6.76. The third-order valence-electron chi connectivity index (χ3n) is 6.76. The fourth-order valence-corrected chi connectivity index (χ4v) is 4.79.